The first-order chi connectivity index (χ1) is 15.2. The second-order valence-electron chi connectivity index (χ2n) is 9.26. The molecule has 9 nitrogen and oxygen atoms in total. The summed E-state index contributed by atoms with van der Waals surface area (Å²) in [5.74, 6) is 0.900. The number of fused-ring (bicyclic) bond motifs is 4. The zero-order chi connectivity index (χ0) is 23.1. The number of hydrogen-bond acceptors (Lipinski definition) is 6. The van der Waals surface area contributed by atoms with Crippen LogP contribution >= 0.6 is 0 Å². The molecule has 1 aliphatic heterocycles. The summed E-state index contributed by atoms with van der Waals surface area (Å²) in [7, 11) is 0. The van der Waals surface area contributed by atoms with E-state index in [1.807, 2.05) is 32.9 Å². The number of para-hydroxylation sites is 1. The van der Waals surface area contributed by atoms with Crippen LogP contribution in [0.1, 0.15) is 71.7 Å². The fourth-order valence-electron chi connectivity index (χ4n) is 3.62. The predicted molar refractivity (Wildman–Crippen MR) is 121 cm³/mol. The van der Waals surface area contributed by atoms with Crippen LogP contribution in [-0.2, 0) is 4.74 Å². The first kappa shape index (κ1) is 23.6. The standard InChI is InChI=1S/C23H33N5O4/c1-15-10-6-5-9-13-24-21(29)25-17-12-8-7-11-16(17)19-27-28-20(31-19)18(14-15)26-22(30)32-23(2,3)4/h7-8,11-12,15,18H,5-6,9-10,13-14H2,1-4H3,(H,26,30)(H2,24,25,29)/t15-,18-/m0/s1. The van der Waals surface area contributed by atoms with Gasteiger partial charge in [0.05, 0.1) is 11.3 Å². The number of amides is 3. The normalized spacial score (nSPS) is 20.4. The number of carbonyl (C=O) groups excluding carboxylic acids is 2. The smallest absolute Gasteiger partial charge is 0.408 e. The van der Waals surface area contributed by atoms with Crippen LogP contribution in [0.25, 0.3) is 11.5 Å². The first-order valence-electron chi connectivity index (χ1n) is 11.2. The summed E-state index contributed by atoms with van der Waals surface area (Å²) in [6, 6.07) is 6.48. The lowest BCUT2D eigenvalue weighted by Crippen LogP contribution is -2.35. The van der Waals surface area contributed by atoms with Crippen molar-refractivity contribution in [1.29, 1.82) is 0 Å². The molecule has 32 heavy (non-hydrogen) atoms. The van der Waals surface area contributed by atoms with Gasteiger partial charge in [-0.05, 0) is 51.7 Å². The van der Waals surface area contributed by atoms with Gasteiger partial charge in [0, 0.05) is 6.54 Å². The molecule has 3 rings (SSSR count). The molecule has 0 saturated carbocycles. The number of nitrogens with one attached hydrogen (secondary N) is 3. The molecule has 1 aromatic carbocycles. The molecule has 1 aliphatic rings. The van der Waals surface area contributed by atoms with Crippen LogP contribution in [0.15, 0.2) is 28.7 Å². The zero-order valence-electron chi connectivity index (χ0n) is 19.2. The topological polar surface area (TPSA) is 118 Å². The number of aromatic nitrogens is 2. The number of ether oxygens (including phenoxy) is 1. The second-order valence-corrected chi connectivity index (χ2v) is 9.26. The highest BCUT2D eigenvalue weighted by atomic mass is 16.6. The van der Waals surface area contributed by atoms with Crippen molar-refractivity contribution < 1.29 is 18.7 Å². The maximum absolute atomic E-state index is 12.5. The summed E-state index contributed by atoms with van der Waals surface area (Å²) in [6.45, 7) is 8.21. The summed E-state index contributed by atoms with van der Waals surface area (Å²) < 4.78 is 11.4. The maximum Gasteiger partial charge on any atom is 0.408 e. The van der Waals surface area contributed by atoms with Gasteiger partial charge < -0.3 is 25.1 Å². The molecule has 3 amide bonds. The van der Waals surface area contributed by atoms with Gasteiger partial charge in [-0.25, -0.2) is 9.59 Å². The maximum atomic E-state index is 12.5. The Morgan fingerprint density at radius 2 is 1.97 bits per heavy atom. The van der Waals surface area contributed by atoms with Crippen molar-refractivity contribution in [3.05, 3.63) is 30.2 Å². The summed E-state index contributed by atoms with van der Waals surface area (Å²) in [5, 5.41) is 17.0. The molecule has 9 heteroatoms. The number of urea groups is 1. The molecule has 0 unspecified atom stereocenters. The van der Waals surface area contributed by atoms with E-state index in [9.17, 15) is 9.59 Å². The van der Waals surface area contributed by atoms with E-state index in [0.29, 0.717) is 36.0 Å². The molecule has 0 saturated heterocycles. The molecule has 1 aromatic heterocycles. The van der Waals surface area contributed by atoms with Gasteiger partial charge in [0.15, 0.2) is 0 Å². The molecule has 0 aliphatic carbocycles. The Bertz CT molecular complexity index is 921. The summed E-state index contributed by atoms with van der Waals surface area (Å²) in [4.78, 5) is 24.8. The minimum Gasteiger partial charge on any atom is -0.444 e. The number of benzene rings is 1. The van der Waals surface area contributed by atoms with E-state index in [1.165, 1.54) is 0 Å². The molecule has 2 atom stereocenters. The van der Waals surface area contributed by atoms with E-state index >= 15 is 0 Å². The van der Waals surface area contributed by atoms with E-state index in [1.54, 1.807) is 12.1 Å². The van der Waals surface area contributed by atoms with E-state index < -0.39 is 17.7 Å². The van der Waals surface area contributed by atoms with E-state index in [-0.39, 0.29) is 11.9 Å². The molecule has 2 heterocycles. The van der Waals surface area contributed by atoms with Crippen molar-refractivity contribution in [3.63, 3.8) is 0 Å². The van der Waals surface area contributed by atoms with Crippen LogP contribution in [0.3, 0.4) is 0 Å². The van der Waals surface area contributed by atoms with E-state index in [4.69, 9.17) is 9.15 Å². The van der Waals surface area contributed by atoms with Gasteiger partial charge in [0.25, 0.3) is 0 Å². The Kier molecular flexibility index (Phi) is 7.71. The lowest BCUT2D eigenvalue weighted by Gasteiger charge is -2.23. The number of anilines is 1. The third kappa shape index (κ3) is 6.96. The van der Waals surface area contributed by atoms with Crippen molar-refractivity contribution in [2.45, 2.75) is 71.4 Å². The molecular weight excluding hydrogens is 410 g/mol. The Balaban J connectivity index is 1.90. The Morgan fingerprint density at radius 3 is 2.75 bits per heavy atom. The van der Waals surface area contributed by atoms with Crippen LogP contribution in [-0.4, -0.2) is 34.5 Å². The Morgan fingerprint density at radius 1 is 1.19 bits per heavy atom. The Labute approximate surface area is 188 Å². The number of rotatable bonds is 1. The van der Waals surface area contributed by atoms with Gasteiger partial charge >= 0.3 is 12.1 Å². The van der Waals surface area contributed by atoms with Crippen molar-refractivity contribution in [3.8, 4) is 11.5 Å². The van der Waals surface area contributed by atoms with Crippen molar-refractivity contribution in [1.82, 2.24) is 20.8 Å². The third-order valence-corrected chi connectivity index (χ3v) is 5.13. The molecule has 174 valence electrons. The van der Waals surface area contributed by atoms with E-state index in [2.05, 4.69) is 33.1 Å². The predicted octanol–water partition coefficient (Wildman–Crippen LogP) is 5.02. The van der Waals surface area contributed by atoms with Gasteiger partial charge in [0.2, 0.25) is 11.8 Å². The highest BCUT2D eigenvalue weighted by Crippen LogP contribution is 2.30. The van der Waals surface area contributed by atoms with Crippen LogP contribution < -0.4 is 16.0 Å². The average Bonchev–Trinajstić information content (AvgIpc) is 3.18. The SMILES string of the molecule is C[C@H]1CCCCCNC(=O)Nc2ccccc2-c2nnc(o2)[C@@H](NC(=O)OC(C)(C)C)C1. The lowest BCUT2D eigenvalue weighted by molar-refractivity contribution is 0.0487. The fraction of sp³-hybridized carbons (Fsp3) is 0.565. The number of alkyl carbamates (subject to hydrolysis) is 1. The molecule has 2 bridgehead atoms. The van der Waals surface area contributed by atoms with Crippen molar-refractivity contribution in [2.75, 3.05) is 11.9 Å². The highest BCUT2D eigenvalue weighted by molar-refractivity contribution is 5.93. The first-order valence-corrected chi connectivity index (χ1v) is 11.2. The summed E-state index contributed by atoms with van der Waals surface area (Å²) in [5.41, 5.74) is 0.564. The fourth-order valence-corrected chi connectivity index (χ4v) is 3.62. The second kappa shape index (κ2) is 10.5. The van der Waals surface area contributed by atoms with Crippen LogP contribution in [0.5, 0.6) is 0 Å². The lowest BCUT2D eigenvalue weighted by atomic mass is 9.95. The van der Waals surface area contributed by atoms with Gasteiger partial charge in [-0.3, -0.25) is 0 Å². The minimum atomic E-state index is -0.612. The molecule has 0 radical (unpaired) electrons. The van der Waals surface area contributed by atoms with E-state index in [0.717, 1.165) is 25.7 Å². The summed E-state index contributed by atoms with van der Waals surface area (Å²) in [6.07, 6.45) is 4.06. The van der Waals surface area contributed by atoms with Crippen LogP contribution in [0, 0.1) is 5.92 Å². The molecule has 2 aromatic rings. The quantitative estimate of drug-likeness (QED) is 0.569. The molecule has 3 N–H and O–H groups in total. The minimum absolute atomic E-state index is 0.270. The molecule has 0 fully saturated rings. The highest BCUT2D eigenvalue weighted by Gasteiger charge is 2.27. The average molecular weight is 444 g/mol. The van der Waals surface area contributed by atoms with Gasteiger partial charge in [-0.2, -0.15) is 0 Å². The molecular formula is C23H33N5O4. The number of carbonyl (C=O) groups is 2. The monoisotopic (exact) mass is 443 g/mol. The third-order valence-electron chi connectivity index (χ3n) is 5.13. The number of hydrogen-bond donors (Lipinski definition) is 3. The Hall–Kier alpha value is -3.10. The summed E-state index contributed by atoms with van der Waals surface area (Å²) >= 11 is 0. The largest absolute Gasteiger partial charge is 0.444 e. The van der Waals surface area contributed by atoms with Gasteiger partial charge in [-0.1, -0.05) is 38.3 Å². The van der Waals surface area contributed by atoms with Gasteiger partial charge in [-0.15, -0.1) is 10.2 Å². The van der Waals surface area contributed by atoms with Crippen LogP contribution in [0.4, 0.5) is 15.3 Å². The number of nitrogens with zero attached hydrogens (tertiary/aromatic N) is 2. The van der Waals surface area contributed by atoms with Crippen LogP contribution in [0.2, 0.25) is 0 Å². The van der Waals surface area contributed by atoms with Crippen molar-refractivity contribution >= 4 is 17.8 Å². The van der Waals surface area contributed by atoms with Gasteiger partial charge in [0.1, 0.15) is 11.6 Å². The van der Waals surface area contributed by atoms with Crippen molar-refractivity contribution in [2.24, 2.45) is 5.92 Å². The zero-order valence-corrected chi connectivity index (χ0v) is 19.2. The molecule has 0 spiro atoms.